The van der Waals surface area contributed by atoms with Crippen LogP contribution in [-0.2, 0) is 4.79 Å². The zero-order valence-corrected chi connectivity index (χ0v) is 12.3. The molecule has 0 bridgehead atoms. The number of ketones is 1. The SMILES string of the molecule is COc1ccc(C(=O)CCC(=O)NC(CN)C2CC2)cc1. The van der Waals surface area contributed by atoms with Crippen LogP contribution in [0.5, 0.6) is 5.75 Å². The Hall–Kier alpha value is -1.88. The molecule has 1 saturated carbocycles. The van der Waals surface area contributed by atoms with Crippen molar-refractivity contribution in [2.24, 2.45) is 11.7 Å². The number of carbonyl (C=O) groups is 2. The molecule has 1 fully saturated rings. The molecule has 5 heteroatoms. The maximum atomic E-state index is 12.0. The summed E-state index contributed by atoms with van der Waals surface area (Å²) in [7, 11) is 1.58. The van der Waals surface area contributed by atoms with Crippen LogP contribution in [-0.4, -0.2) is 31.4 Å². The molecule has 1 amide bonds. The van der Waals surface area contributed by atoms with Gasteiger partial charge in [0.25, 0.3) is 0 Å². The fraction of sp³-hybridized carbons (Fsp3) is 0.500. The average Bonchev–Trinajstić information content (AvgIpc) is 3.35. The molecule has 1 aromatic carbocycles. The lowest BCUT2D eigenvalue weighted by atomic mass is 10.1. The second-order valence-corrected chi connectivity index (χ2v) is 5.40. The summed E-state index contributed by atoms with van der Waals surface area (Å²) in [6.45, 7) is 0.461. The predicted molar refractivity (Wildman–Crippen MR) is 80.3 cm³/mol. The van der Waals surface area contributed by atoms with Crippen LogP contribution in [0.3, 0.4) is 0 Å². The van der Waals surface area contributed by atoms with Gasteiger partial charge in [0.15, 0.2) is 5.78 Å². The van der Waals surface area contributed by atoms with Gasteiger partial charge >= 0.3 is 0 Å². The summed E-state index contributed by atoms with van der Waals surface area (Å²) in [5.74, 6) is 1.10. The van der Waals surface area contributed by atoms with Gasteiger partial charge in [0.05, 0.1) is 7.11 Å². The first-order valence-electron chi connectivity index (χ1n) is 7.30. The Kier molecular flexibility index (Phi) is 5.33. The van der Waals surface area contributed by atoms with Gasteiger partial charge in [0.1, 0.15) is 5.75 Å². The van der Waals surface area contributed by atoms with Gasteiger partial charge in [-0.1, -0.05) is 0 Å². The van der Waals surface area contributed by atoms with Crippen molar-refractivity contribution in [1.29, 1.82) is 0 Å². The summed E-state index contributed by atoms with van der Waals surface area (Å²) in [5, 5.41) is 2.92. The van der Waals surface area contributed by atoms with Crippen molar-refractivity contribution in [3.63, 3.8) is 0 Å². The Morgan fingerprint density at radius 2 is 1.95 bits per heavy atom. The van der Waals surface area contributed by atoms with Gasteiger partial charge in [-0.05, 0) is 43.0 Å². The quantitative estimate of drug-likeness (QED) is 0.711. The van der Waals surface area contributed by atoms with Gasteiger partial charge in [0.2, 0.25) is 5.91 Å². The lowest BCUT2D eigenvalue weighted by Gasteiger charge is -2.15. The molecule has 1 aliphatic rings. The second-order valence-electron chi connectivity index (χ2n) is 5.40. The van der Waals surface area contributed by atoms with E-state index in [1.165, 1.54) is 0 Å². The molecular weight excluding hydrogens is 268 g/mol. The number of methoxy groups -OCH3 is 1. The first-order chi connectivity index (χ1) is 10.1. The van der Waals surface area contributed by atoms with Gasteiger partial charge in [-0.15, -0.1) is 0 Å². The molecule has 0 saturated heterocycles. The smallest absolute Gasteiger partial charge is 0.220 e. The van der Waals surface area contributed by atoms with Crippen LogP contribution in [0.2, 0.25) is 0 Å². The number of rotatable bonds is 8. The molecule has 0 spiro atoms. The van der Waals surface area contributed by atoms with Crippen LogP contribution in [0.25, 0.3) is 0 Å². The van der Waals surface area contributed by atoms with Crippen molar-refractivity contribution >= 4 is 11.7 Å². The highest BCUT2D eigenvalue weighted by Gasteiger charge is 2.31. The third kappa shape index (κ3) is 4.56. The van der Waals surface area contributed by atoms with E-state index in [2.05, 4.69) is 5.32 Å². The van der Waals surface area contributed by atoms with Gasteiger partial charge in [0, 0.05) is 31.0 Å². The lowest BCUT2D eigenvalue weighted by molar-refractivity contribution is -0.121. The normalized spacial score (nSPS) is 15.3. The molecule has 3 N–H and O–H groups in total. The minimum absolute atomic E-state index is 0.0384. The molecule has 0 aliphatic heterocycles. The first-order valence-corrected chi connectivity index (χ1v) is 7.30. The van der Waals surface area contributed by atoms with Gasteiger partial charge in [-0.25, -0.2) is 0 Å². The Labute approximate surface area is 124 Å². The fourth-order valence-electron chi connectivity index (χ4n) is 2.30. The second kappa shape index (κ2) is 7.22. The van der Waals surface area contributed by atoms with E-state index in [9.17, 15) is 9.59 Å². The molecule has 1 aromatic rings. The van der Waals surface area contributed by atoms with E-state index >= 15 is 0 Å². The highest BCUT2D eigenvalue weighted by Crippen LogP contribution is 2.32. The third-order valence-corrected chi connectivity index (χ3v) is 3.78. The minimum Gasteiger partial charge on any atom is -0.497 e. The van der Waals surface area contributed by atoms with Crippen molar-refractivity contribution < 1.29 is 14.3 Å². The topological polar surface area (TPSA) is 81.4 Å². The zero-order chi connectivity index (χ0) is 15.2. The fourth-order valence-corrected chi connectivity index (χ4v) is 2.30. The van der Waals surface area contributed by atoms with E-state index in [0.717, 1.165) is 12.8 Å². The molecule has 0 heterocycles. The Bertz CT molecular complexity index is 495. The molecule has 0 radical (unpaired) electrons. The summed E-state index contributed by atoms with van der Waals surface area (Å²) in [4.78, 5) is 23.8. The number of nitrogens with two attached hydrogens (primary N) is 1. The Morgan fingerprint density at radius 1 is 1.29 bits per heavy atom. The summed E-state index contributed by atoms with van der Waals surface area (Å²) < 4.78 is 5.04. The zero-order valence-electron chi connectivity index (χ0n) is 12.3. The molecule has 1 atom stereocenters. The molecular formula is C16H22N2O3. The van der Waals surface area contributed by atoms with Gasteiger partial charge < -0.3 is 15.8 Å². The van der Waals surface area contributed by atoms with Crippen LogP contribution in [0.4, 0.5) is 0 Å². The number of ether oxygens (including phenoxy) is 1. The van der Waals surface area contributed by atoms with Crippen molar-refractivity contribution in [2.75, 3.05) is 13.7 Å². The van der Waals surface area contributed by atoms with E-state index < -0.39 is 0 Å². The van der Waals surface area contributed by atoms with Crippen molar-refractivity contribution in [3.05, 3.63) is 29.8 Å². The summed E-state index contributed by atoms with van der Waals surface area (Å²) in [5.41, 5.74) is 6.24. The molecule has 1 aliphatic carbocycles. The number of nitrogens with one attached hydrogen (secondary N) is 1. The van der Waals surface area contributed by atoms with Crippen molar-refractivity contribution in [1.82, 2.24) is 5.32 Å². The number of benzene rings is 1. The third-order valence-electron chi connectivity index (χ3n) is 3.78. The highest BCUT2D eigenvalue weighted by atomic mass is 16.5. The molecule has 2 rings (SSSR count). The van der Waals surface area contributed by atoms with Crippen LogP contribution >= 0.6 is 0 Å². The molecule has 5 nitrogen and oxygen atoms in total. The monoisotopic (exact) mass is 290 g/mol. The Morgan fingerprint density at radius 3 is 2.48 bits per heavy atom. The van der Waals surface area contributed by atoms with Crippen molar-refractivity contribution in [3.8, 4) is 5.75 Å². The summed E-state index contributed by atoms with van der Waals surface area (Å²) in [6.07, 6.45) is 2.67. The maximum Gasteiger partial charge on any atom is 0.220 e. The van der Waals surface area contributed by atoms with Crippen LogP contribution in [0.15, 0.2) is 24.3 Å². The van der Waals surface area contributed by atoms with E-state index in [1.807, 2.05) is 0 Å². The Balaban J connectivity index is 1.78. The molecule has 1 unspecified atom stereocenters. The van der Waals surface area contributed by atoms with E-state index in [0.29, 0.717) is 23.8 Å². The number of hydrogen-bond acceptors (Lipinski definition) is 4. The molecule has 114 valence electrons. The van der Waals surface area contributed by atoms with Gasteiger partial charge in [-0.3, -0.25) is 9.59 Å². The average molecular weight is 290 g/mol. The van der Waals surface area contributed by atoms with E-state index in [4.69, 9.17) is 10.5 Å². The summed E-state index contributed by atoms with van der Waals surface area (Å²) >= 11 is 0. The van der Waals surface area contributed by atoms with E-state index in [-0.39, 0.29) is 30.6 Å². The van der Waals surface area contributed by atoms with Gasteiger partial charge in [-0.2, -0.15) is 0 Å². The van der Waals surface area contributed by atoms with Crippen LogP contribution < -0.4 is 15.8 Å². The van der Waals surface area contributed by atoms with Crippen molar-refractivity contribution in [2.45, 2.75) is 31.7 Å². The number of amides is 1. The van der Waals surface area contributed by atoms with E-state index in [1.54, 1.807) is 31.4 Å². The minimum atomic E-state index is -0.0980. The van der Waals surface area contributed by atoms with Crippen LogP contribution in [0.1, 0.15) is 36.0 Å². The van der Waals surface area contributed by atoms with Crippen LogP contribution in [0, 0.1) is 5.92 Å². The first kappa shape index (κ1) is 15.5. The standard InChI is InChI=1S/C16H22N2O3/c1-21-13-6-4-12(5-7-13)15(19)8-9-16(20)18-14(10-17)11-2-3-11/h4-7,11,14H,2-3,8-10,17H2,1H3,(H,18,20). The number of Topliss-reactive ketones (excluding diaryl/α,β-unsaturated/α-hetero) is 1. The maximum absolute atomic E-state index is 12.0. The summed E-state index contributed by atoms with van der Waals surface area (Å²) in [6, 6.07) is 6.97. The predicted octanol–water partition coefficient (Wildman–Crippen LogP) is 1.51. The largest absolute Gasteiger partial charge is 0.497 e. The number of hydrogen-bond donors (Lipinski definition) is 2. The molecule has 0 aromatic heterocycles. The lowest BCUT2D eigenvalue weighted by Crippen LogP contribution is -2.41. The highest BCUT2D eigenvalue weighted by molar-refractivity contribution is 5.98. The molecule has 21 heavy (non-hydrogen) atoms. The number of carbonyl (C=O) groups excluding carboxylic acids is 2.